The molecule has 0 saturated carbocycles. The molecule has 0 aromatic heterocycles. The van der Waals surface area contributed by atoms with Crippen LogP contribution >= 0.6 is 11.8 Å². The van der Waals surface area contributed by atoms with Crippen molar-refractivity contribution in [3.63, 3.8) is 0 Å². The van der Waals surface area contributed by atoms with Gasteiger partial charge in [-0.25, -0.2) is 4.99 Å². The standard InChI is InChI=1S/C13H17N3O2S/c1-3-17-8-9-18-12-6-4-11(5-7-12)16-13(19-2)15-10-14/h4-7H,3,8-9H2,1-2H3,(H,15,16). The first-order valence-electron chi connectivity index (χ1n) is 5.88. The molecule has 1 N–H and O–H groups in total. The van der Waals surface area contributed by atoms with Crippen LogP contribution in [0, 0.1) is 11.5 Å². The summed E-state index contributed by atoms with van der Waals surface area (Å²) in [4.78, 5) is 4.28. The van der Waals surface area contributed by atoms with Gasteiger partial charge in [0.15, 0.2) is 11.4 Å². The maximum atomic E-state index is 8.54. The number of aliphatic imine (C=N–C) groups is 1. The third-order valence-corrected chi connectivity index (χ3v) is 2.70. The molecule has 0 heterocycles. The minimum absolute atomic E-state index is 0.530. The maximum absolute atomic E-state index is 8.54. The number of hydrogen-bond acceptors (Lipinski definition) is 5. The lowest BCUT2D eigenvalue weighted by Crippen LogP contribution is -2.12. The Morgan fingerprint density at radius 2 is 2.11 bits per heavy atom. The largest absolute Gasteiger partial charge is 0.491 e. The van der Waals surface area contributed by atoms with Crippen LogP contribution in [0.25, 0.3) is 0 Å². The number of thioether (sulfide) groups is 1. The zero-order chi connectivity index (χ0) is 13.9. The summed E-state index contributed by atoms with van der Waals surface area (Å²) in [5.41, 5.74) is 0.768. The van der Waals surface area contributed by atoms with Crippen LogP contribution in [-0.4, -0.2) is 31.2 Å². The second kappa shape index (κ2) is 9.25. The Morgan fingerprint density at radius 1 is 1.37 bits per heavy atom. The van der Waals surface area contributed by atoms with Crippen LogP contribution in [0.5, 0.6) is 5.75 Å². The summed E-state index contributed by atoms with van der Waals surface area (Å²) in [5, 5.41) is 11.6. The Bertz CT molecular complexity index is 440. The molecule has 102 valence electrons. The number of rotatable bonds is 6. The molecule has 0 saturated heterocycles. The van der Waals surface area contributed by atoms with E-state index in [-0.39, 0.29) is 0 Å². The molecule has 6 heteroatoms. The minimum Gasteiger partial charge on any atom is -0.491 e. The first kappa shape index (κ1) is 15.3. The molecule has 0 bridgehead atoms. The zero-order valence-electron chi connectivity index (χ0n) is 11.0. The molecule has 1 aromatic rings. The Labute approximate surface area is 117 Å². The molecule has 1 rings (SSSR count). The summed E-state index contributed by atoms with van der Waals surface area (Å²) in [6.07, 6.45) is 3.71. The number of nitriles is 1. The molecule has 0 aliphatic heterocycles. The molecule has 0 aliphatic carbocycles. The molecule has 0 unspecified atom stereocenters. The van der Waals surface area contributed by atoms with Crippen LogP contribution in [0.3, 0.4) is 0 Å². The first-order valence-corrected chi connectivity index (χ1v) is 7.11. The second-order valence-electron chi connectivity index (χ2n) is 3.40. The van der Waals surface area contributed by atoms with Gasteiger partial charge in [-0.15, -0.1) is 0 Å². The fourth-order valence-corrected chi connectivity index (χ4v) is 1.61. The van der Waals surface area contributed by atoms with E-state index in [0.717, 1.165) is 11.4 Å². The van der Waals surface area contributed by atoms with E-state index in [1.807, 2.05) is 43.6 Å². The molecule has 0 fully saturated rings. The van der Waals surface area contributed by atoms with E-state index in [1.54, 1.807) is 0 Å². The summed E-state index contributed by atoms with van der Waals surface area (Å²) in [5.74, 6) is 0.776. The molecular weight excluding hydrogens is 262 g/mol. The predicted molar refractivity (Wildman–Crippen MR) is 77.8 cm³/mol. The number of nitrogens with zero attached hydrogens (tertiary/aromatic N) is 2. The summed E-state index contributed by atoms with van der Waals surface area (Å²) < 4.78 is 10.7. The van der Waals surface area contributed by atoms with Crippen LogP contribution < -0.4 is 10.1 Å². The van der Waals surface area contributed by atoms with Crippen molar-refractivity contribution in [2.24, 2.45) is 4.99 Å². The van der Waals surface area contributed by atoms with E-state index in [1.165, 1.54) is 11.8 Å². The number of benzene rings is 1. The van der Waals surface area contributed by atoms with Crippen molar-refractivity contribution >= 4 is 22.6 Å². The third kappa shape index (κ3) is 6.13. The number of hydrogen-bond donors (Lipinski definition) is 1. The van der Waals surface area contributed by atoms with Gasteiger partial charge < -0.3 is 9.47 Å². The first-order chi connectivity index (χ1) is 9.30. The van der Waals surface area contributed by atoms with Gasteiger partial charge in [0.2, 0.25) is 0 Å². The lowest BCUT2D eigenvalue weighted by atomic mass is 10.3. The molecule has 0 spiro atoms. The van der Waals surface area contributed by atoms with Gasteiger partial charge in [0, 0.05) is 6.61 Å². The average molecular weight is 279 g/mol. The van der Waals surface area contributed by atoms with Crippen molar-refractivity contribution in [2.75, 3.05) is 26.1 Å². The van der Waals surface area contributed by atoms with Crippen molar-refractivity contribution < 1.29 is 9.47 Å². The molecular formula is C13H17N3O2S. The van der Waals surface area contributed by atoms with Crippen LogP contribution in [0.2, 0.25) is 0 Å². The molecule has 5 nitrogen and oxygen atoms in total. The van der Waals surface area contributed by atoms with Gasteiger partial charge in [0.05, 0.1) is 12.3 Å². The van der Waals surface area contributed by atoms with Gasteiger partial charge in [-0.05, 0) is 37.4 Å². The van der Waals surface area contributed by atoms with Crippen molar-refractivity contribution in [2.45, 2.75) is 6.92 Å². The normalized spacial score (nSPS) is 10.9. The zero-order valence-corrected chi connectivity index (χ0v) is 11.9. The summed E-state index contributed by atoms with van der Waals surface area (Å²) in [6, 6.07) is 7.36. The molecule has 0 radical (unpaired) electrons. The number of nitrogens with one attached hydrogen (secondary N) is 1. The van der Waals surface area contributed by atoms with E-state index in [0.29, 0.717) is 25.0 Å². The highest BCUT2D eigenvalue weighted by molar-refractivity contribution is 8.13. The summed E-state index contributed by atoms with van der Waals surface area (Å²) in [6.45, 7) is 3.76. The van der Waals surface area contributed by atoms with Crippen LogP contribution in [0.1, 0.15) is 6.92 Å². The predicted octanol–water partition coefficient (Wildman–Crippen LogP) is 2.52. The third-order valence-electron chi connectivity index (χ3n) is 2.12. The van der Waals surface area contributed by atoms with E-state index in [4.69, 9.17) is 14.7 Å². The average Bonchev–Trinajstić information content (AvgIpc) is 2.45. The van der Waals surface area contributed by atoms with Gasteiger partial charge in [-0.2, -0.15) is 5.26 Å². The van der Waals surface area contributed by atoms with Crippen molar-refractivity contribution in [1.82, 2.24) is 5.32 Å². The highest BCUT2D eigenvalue weighted by Gasteiger charge is 1.98. The highest BCUT2D eigenvalue weighted by Crippen LogP contribution is 2.19. The Hall–Kier alpha value is -1.71. The molecule has 0 atom stereocenters. The minimum atomic E-state index is 0.530. The van der Waals surface area contributed by atoms with E-state index in [2.05, 4.69) is 10.3 Å². The van der Waals surface area contributed by atoms with Crippen LogP contribution in [-0.2, 0) is 4.74 Å². The summed E-state index contributed by atoms with van der Waals surface area (Å²) >= 11 is 1.38. The van der Waals surface area contributed by atoms with Crippen molar-refractivity contribution in [3.05, 3.63) is 24.3 Å². The monoisotopic (exact) mass is 279 g/mol. The Kier molecular flexibility index (Phi) is 7.47. The lowest BCUT2D eigenvalue weighted by Gasteiger charge is -2.06. The number of ether oxygens (including phenoxy) is 2. The highest BCUT2D eigenvalue weighted by atomic mass is 32.2. The molecule has 0 amide bonds. The van der Waals surface area contributed by atoms with E-state index < -0.39 is 0 Å². The Morgan fingerprint density at radius 3 is 2.68 bits per heavy atom. The van der Waals surface area contributed by atoms with Crippen LogP contribution in [0.15, 0.2) is 29.3 Å². The van der Waals surface area contributed by atoms with Gasteiger partial charge in [0.25, 0.3) is 0 Å². The Balaban J connectivity index is 2.54. The molecule has 19 heavy (non-hydrogen) atoms. The molecule has 0 aliphatic rings. The van der Waals surface area contributed by atoms with E-state index >= 15 is 0 Å². The van der Waals surface area contributed by atoms with Crippen molar-refractivity contribution in [1.29, 1.82) is 5.26 Å². The second-order valence-corrected chi connectivity index (χ2v) is 4.19. The topological polar surface area (TPSA) is 66.6 Å². The smallest absolute Gasteiger partial charge is 0.183 e. The van der Waals surface area contributed by atoms with Gasteiger partial charge >= 0.3 is 0 Å². The number of amidine groups is 1. The van der Waals surface area contributed by atoms with E-state index in [9.17, 15) is 0 Å². The van der Waals surface area contributed by atoms with Gasteiger partial charge in [-0.1, -0.05) is 11.8 Å². The van der Waals surface area contributed by atoms with Gasteiger partial charge in [-0.3, -0.25) is 5.32 Å². The SMILES string of the molecule is CCOCCOc1ccc(N=C(NC#N)SC)cc1. The quantitative estimate of drug-likeness (QED) is 0.285. The van der Waals surface area contributed by atoms with Crippen molar-refractivity contribution in [3.8, 4) is 11.9 Å². The lowest BCUT2D eigenvalue weighted by molar-refractivity contribution is 0.110. The fraction of sp³-hybridized carbons (Fsp3) is 0.385. The fourth-order valence-electron chi connectivity index (χ4n) is 1.27. The maximum Gasteiger partial charge on any atom is 0.183 e. The van der Waals surface area contributed by atoms with Crippen LogP contribution in [0.4, 0.5) is 5.69 Å². The van der Waals surface area contributed by atoms with Gasteiger partial charge in [0.1, 0.15) is 12.4 Å². The molecule has 1 aromatic carbocycles. The summed E-state index contributed by atoms with van der Waals surface area (Å²) in [7, 11) is 0.